The largest absolute Gasteiger partial charge is 0.489 e. The first-order valence-corrected chi connectivity index (χ1v) is 9.92. The van der Waals surface area contributed by atoms with Gasteiger partial charge in [0.2, 0.25) is 11.8 Å². The Hall–Kier alpha value is -2.89. The van der Waals surface area contributed by atoms with Gasteiger partial charge in [-0.1, -0.05) is 30.3 Å². The molecule has 0 radical (unpaired) electrons. The Morgan fingerprint density at radius 3 is 2.43 bits per heavy atom. The summed E-state index contributed by atoms with van der Waals surface area (Å²) in [5.41, 5.74) is 0.964. The molecule has 1 N–H and O–H groups in total. The van der Waals surface area contributed by atoms with Crippen LogP contribution in [0.2, 0.25) is 0 Å². The van der Waals surface area contributed by atoms with Gasteiger partial charge >= 0.3 is 0 Å². The van der Waals surface area contributed by atoms with Gasteiger partial charge in [-0.2, -0.15) is 0 Å². The third-order valence-corrected chi connectivity index (χ3v) is 5.19. The van der Waals surface area contributed by atoms with Crippen LogP contribution in [0, 0.1) is 5.92 Å². The number of amides is 2. The van der Waals surface area contributed by atoms with Crippen LogP contribution in [0.4, 0.5) is 5.82 Å². The molecule has 2 fully saturated rings. The maximum atomic E-state index is 12.1. The van der Waals surface area contributed by atoms with Crippen LogP contribution in [-0.4, -0.2) is 40.9 Å². The molecule has 1 saturated heterocycles. The summed E-state index contributed by atoms with van der Waals surface area (Å²) < 4.78 is 6.00. The minimum atomic E-state index is -0.0972. The van der Waals surface area contributed by atoms with Crippen LogP contribution in [0.5, 0.6) is 5.75 Å². The quantitative estimate of drug-likeness (QED) is 0.837. The molecule has 1 saturated carbocycles. The summed E-state index contributed by atoms with van der Waals surface area (Å²) in [7, 11) is 0. The second-order valence-corrected chi connectivity index (χ2v) is 7.51. The van der Waals surface area contributed by atoms with Gasteiger partial charge in [-0.3, -0.25) is 9.59 Å². The van der Waals surface area contributed by atoms with Crippen molar-refractivity contribution in [2.24, 2.45) is 5.92 Å². The second-order valence-electron chi connectivity index (χ2n) is 7.51. The Kier molecular flexibility index (Phi) is 5.55. The van der Waals surface area contributed by atoms with E-state index >= 15 is 0 Å². The molecule has 1 aliphatic heterocycles. The normalized spacial score (nSPS) is 17.2. The number of likely N-dealkylation sites (tertiary alicyclic amines) is 1. The van der Waals surface area contributed by atoms with Gasteiger partial charge in [0.25, 0.3) is 0 Å². The summed E-state index contributed by atoms with van der Waals surface area (Å²) in [6, 6.07) is 13.2. The van der Waals surface area contributed by atoms with Crippen molar-refractivity contribution in [1.29, 1.82) is 0 Å². The number of hydrogen-bond donors (Lipinski definition) is 1. The molecule has 0 unspecified atom stereocenters. The number of anilines is 1. The van der Waals surface area contributed by atoms with Crippen LogP contribution in [-0.2, 0) is 16.0 Å². The molecular formula is C22H25N3O3. The summed E-state index contributed by atoms with van der Waals surface area (Å²) >= 11 is 0. The summed E-state index contributed by atoms with van der Waals surface area (Å²) in [6.07, 6.45) is 5.84. The molecule has 2 heterocycles. The topological polar surface area (TPSA) is 71.5 Å². The number of nitrogens with one attached hydrogen (secondary N) is 1. The lowest BCUT2D eigenvalue weighted by Gasteiger charge is -2.32. The maximum absolute atomic E-state index is 12.1. The Bertz CT molecular complexity index is 811. The van der Waals surface area contributed by atoms with Crippen molar-refractivity contribution in [3.05, 3.63) is 54.2 Å². The van der Waals surface area contributed by atoms with Gasteiger partial charge in [-0.05, 0) is 30.5 Å². The van der Waals surface area contributed by atoms with E-state index in [1.807, 2.05) is 41.3 Å². The van der Waals surface area contributed by atoms with Crippen molar-refractivity contribution in [2.45, 2.75) is 38.2 Å². The highest BCUT2D eigenvalue weighted by Crippen LogP contribution is 2.32. The Balaban J connectivity index is 1.23. The second kappa shape index (κ2) is 8.42. The number of aromatic nitrogens is 1. The highest BCUT2D eigenvalue weighted by atomic mass is 16.5. The maximum Gasteiger partial charge on any atom is 0.229 e. The van der Waals surface area contributed by atoms with Crippen LogP contribution >= 0.6 is 0 Å². The van der Waals surface area contributed by atoms with Crippen LogP contribution < -0.4 is 10.1 Å². The molecule has 4 rings (SSSR count). The molecule has 28 heavy (non-hydrogen) atoms. The standard InChI is InChI=1S/C22H25N3O3/c26-21(14-16-4-2-1-3-5-16)24-20-9-8-19(15-23-20)28-18-10-12-25(13-11-18)22(27)17-6-7-17/h1-5,8-9,15,17-18H,6-7,10-14H2,(H,23,24,26). The van der Waals surface area contributed by atoms with Gasteiger partial charge in [0.1, 0.15) is 17.7 Å². The molecule has 1 aromatic heterocycles. The van der Waals surface area contributed by atoms with Gasteiger partial charge in [-0.25, -0.2) is 4.98 Å². The number of nitrogens with zero attached hydrogens (tertiary/aromatic N) is 2. The molecule has 2 aromatic rings. The van der Waals surface area contributed by atoms with Crippen molar-refractivity contribution in [1.82, 2.24) is 9.88 Å². The fourth-order valence-corrected chi connectivity index (χ4v) is 3.47. The molecule has 1 aromatic carbocycles. The average Bonchev–Trinajstić information content (AvgIpc) is 3.56. The van der Waals surface area contributed by atoms with Crippen molar-refractivity contribution in [2.75, 3.05) is 18.4 Å². The van der Waals surface area contributed by atoms with E-state index in [0.29, 0.717) is 23.9 Å². The first-order valence-electron chi connectivity index (χ1n) is 9.92. The molecule has 6 nitrogen and oxygen atoms in total. The van der Waals surface area contributed by atoms with Gasteiger partial charge in [0, 0.05) is 31.8 Å². The molecule has 2 aliphatic rings. The zero-order valence-corrected chi connectivity index (χ0v) is 15.8. The van der Waals surface area contributed by atoms with Gasteiger partial charge in [-0.15, -0.1) is 0 Å². The van der Waals surface area contributed by atoms with Crippen molar-refractivity contribution in [3.63, 3.8) is 0 Å². The zero-order chi connectivity index (χ0) is 19.3. The molecule has 6 heteroatoms. The van der Waals surface area contributed by atoms with E-state index in [4.69, 9.17) is 4.74 Å². The van der Waals surface area contributed by atoms with Gasteiger partial charge < -0.3 is 15.0 Å². The lowest BCUT2D eigenvalue weighted by molar-refractivity contribution is -0.134. The molecular weight excluding hydrogens is 354 g/mol. The SMILES string of the molecule is O=C(Cc1ccccc1)Nc1ccc(OC2CCN(C(=O)C3CC3)CC2)cn1. The Morgan fingerprint density at radius 1 is 1.04 bits per heavy atom. The highest BCUT2D eigenvalue weighted by Gasteiger charge is 2.35. The number of pyridine rings is 1. The summed E-state index contributed by atoms with van der Waals surface area (Å²) in [4.78, 5) is 30.5. The first kappa shape index (κ1) is 18.5. The predicted octanol–water partition coefficient (Wildman–Crippen LogP) is 3.04. The molecule has 146 valence electrons. The Morgan fingerprint density at radius 2 is 1.79 bits per heavy atom. The molecule has 1 aliphatic carbocycles. The van der Waals surface area contributed by atoms with Crippen LogP contribution in [0.15, 0.2) is 48.7 Å². The smallest absolute Gasteiger partial charge is 0.229 e. The van der Waals surface area contributed by atoms with E-state index in [0.717, 1.165) is 44.3 Å². The molecule has 2 amide bonds. The summed E-state index contributed by atoms with van der Waals surface area (Å²) in [6.45, 7) is 1.53. The van der Waals surface area contributed by atoms with Crippen molar-refractivity contribution < 1.29 is 14.3 Å². The van der Waals surface area contributed by atoms with E-state index in [2.05, 4.69) is 10.3 Å². The van der Waals surface area contributed by atoms with Gasteiger partial charge in [0.05, 0.1) is 12.6 Å². The van der Waals surface area contributed by atoms with E-state index < -0.39 is 0 Å². The summed E-state index contributed by atoms with van der Waals surface area (Å²) in [5, 5.41) is 2.81. The van der Waals surface area contributed by atoms with Gasteiger partial charge in [0.15, 0.2) is 0 Å². The first-order chi connectivity index (χ1) is 13.7. The molecule has 0 spiro atoms. The average molecular weight is 379 g/mol. The third-order valence-electron chi connectivity index (χ3n) is 5.19. The van der Waals surface area contributed by atoms with E-state index in [1.165, 1.54) is 0 Å². The van der Waals surface area contributed by atoms with Crippen LogP contribution in [0.25, 0.3) is 0 Å². The fourth-order valence-electron chi connectivity index (χ4n) is 3.47. The molecule has 0 bridgehead atoms. The number of hydrogen-bond acceptors (Lipinski definition) is 4. The van der Waals surface area contributed by atoms with Crippen molar-refractivity contribution in [3.8, 4) is 5.75 Å². The zero-order valence-electron chi connectivity index (χ0n) is 15.8. The Labute approximate surface area is 164 Å². The third kappa shape index (κ3) is 4.88. The molecule has 0 atom stereocenters. The van der Waals surface area contributed by atoms with Crippen LogP contribution in [0.3, 0.4) is 0 Å². The van der Waals surface area contributed by atoms with E-state index in [1.54, 1.807) is 12.3 Å². The number of rotatable bonds is 6. The lowest BCUT2D eigenvalue weighted by Crippen LogP contribution is -2.42. The number of benzene rings is 1. The van der Waals surface area contributed by atoms with E-state index in [9.17, 15) is 9.59 Å². The van der Waals surface area contributed by atoms with Crippen LogP contribution in [0.1, 0.15) is 31.2 Å². The fraction of sp³-hybridized carbons (Fsp3) is 0.409. The number of carbonyl (C=O) groups excluding carboxylic acids is 2. The number of carbonyl (C=O) groups is 2. The lowest BCUT2D eigenvalue weighted by atomic mass is 10.1. The minimum absolute atomic E-state index is 0.0972. The summed E-state index contributed by atoms with van der Waals surface area (Å²) in [5.74, 6) is 1.70. The van der Waals surface area contributed by atoms with Crippen molar-refractivity contribution >= 4 is 17.6 Å². The number of piperidine rings is 1. The predicted molar refractivity (Wildman–Crippen MR) is 106 cm³/mol. The monoisotopic (exact) mass is 379 g/mol. The highest BCUT2D eigenvalue weighted by molar-refractivity contribution is 5.91. The number of ether oxygens (including phenoxy) is 1. The minimum Gasteiger partial charge on any atom is -0.489 e. The van der Waals surface area contributed by atoms with E-state index in [-0.39, 0.29) is 17.9 Å².